The lowest BCUT2D eigenvalue weighted by Gasteiger charge is -2.37. The molecular weight excluding hydrogens is 708 g/mol. The zero-order valence-electron chi connectivity index (χ0n) is 28.8. The second-order valence-electron chi connectivity index (χ2n) is 13.1. The van der Waals surface area contributed by atoms with Gasteiger partial charge >= 0.3 is 5.92 Å². The number of hydrogen-bond acceptors (Lipinski definition) is 8. The van der Waals surface area contributed by atoms with Gasteiger partial charge in [0, 0.05) is 42.9 Å². The Morgan fingerprint density at radius 2 is 1.28 bits per heavy atom. The molecule has 2 aliphatic heterocycles. The highest BCUT2D eigenvalue weighted by atomic mass is 19.3. The number of rotatable bonds is 7. The van der Waals surface area contributed by atoms with Crippen LogP contribution in [0.3, 0.4) is 0 Å². The number of fused-ring (bicyclic) bond motifs is 2. The Labute approximate surface area is 306 Å². The van der Waals surface area contributed by atoms with Crippen molar-refractivity contribution in [3.63, 3.8) is 0 Å². The van der Waals surface area contributed by atoms with Crippen molar-refractivity contribution in [1.29, 1.82) is 0 Å². The van der Waals surface area contributed by atoms with Gasteiger partial charge < -0.3 is 38.7 Å². The summed E-state index contributed by atoms with van der Waals surface area (Å²) in [5.74, 6) is -5.70. The minimum absolute atomic E-state index is 0.00366. The minimum atomic E-state index is -3.21. The predicted octanol–water partition coefficient (Wildman–Crippen LogP) is 6.59. The Hall–Kier alpha value is -6.09. The number of ether oxygens (including phenoxy) is 2. The number of benzene rings is 2. The predicted molar refractivity (Wildman–Crippen MR) is 192 cm³/mol. The Balaban J connectivity index is 0.000000168. The van der Waals surface area contributed by atoms with E-state index in [-0.39, 0.29) is 43.2 Å². The molecule has 0 bridgehead atoms. The standard InChI is InChI=1S/C21H19F2N3O3.C18H17F2N3O2/c1-2-20(28)25-8-7-19(21(22,23)12-25)29-18-9-15(11-26-13-24-10-17(18)26)14-3-5-16(27)6-4-14;19-18(20)10-21-6-5-17(18)25-16-7-13(9-23-11-22-8-15(16)23)12-1-3-14(24)4-2-12/h2-6,9-11,13,19,27H,1,7-8,12H2;1-4,7-9,11,17,21,24H,5-6,10H2. The first kappa shape index (κ1) is 36.3. The number of likely N-dealkylation sites (tertiary alicyclic amines) is 1. The number of amides is 1. The van der Waals surface area contributed by atoms with Crippen LogP contribution in [0.1, 0.15) is 12.8 Å². The third-order valence-electron chi connectivity index (χ3n) is 9.34. The second kappa shape index (κ2) is 14.7. The van der Waals surface area contributed by atoms with E-state index in [1.807, 2.05) is 12.4 Å². The third kappa shape index (κ3) is 7.67. The fourth-order valence-electron chi connectivity index (χ4n) is 6.46. The van der Waals surface area contributed by atoms with Crippen molar-refractivity contribution in [2.45, 2.75) is 36.9 Å². The van der Waals surface area contributed by atoms with Crippen molar-refractivity contribution < 1.29 is 42.0 Å². The van der Waals surface area contributed by atoms with Crippen LogP contribution in [-0.2, 0) is 4.79 Å². The molecule has 0 aliphatic carbocycles. The minimum Gasteiger partial charge on any atom is -0.508 e. The lowest BCUT2D eigenvalue weighted by molar-refractivity contribution is -0.156. The molecule has 2 saturated heterocycles. The summed E-state index contributed by atoms with van der Waals surface area (Å²) in [5, 5.41) is 21.6. The Morgan fingerprint density at radius 1 is 0.778 bits per heavy atom. The van der Waals surface area contributed by atoms with E-state index >= 15 is 0 Å². The number of nitrogens with zero attached hydrogens (tertiary/aromatic N) is 5. The van der Waals surface area contributed by atoms with E-state index in [0.717, 1.165) is 33.2 Å². The number of piperidine rings is 2. The van der Waals surface area contributed by atoms with Gasteiger partial charge in [0.05, 0.1) is 38.1 Å². The number of phenolic OH excluding ortho intramolecular Hbond substituents is 2. The van der Waals surface area contributed by atoms with Gasteiger partial charge in [0.2, 0.25) is 5.91 Å². The second-order valence-corrected chi connectivity index (χ2v) is 13.1. The maximum atomic E-state index is 14.7. The van der Waals surface area contributed by atoms with Crippen LogP contribution < -0.4 is 14.8 Å². The van der Waals surface area contributed by atoms with Gasteiger partial charge in [-0.1, -0.05) is 30.8 Å². The van der Waals surface area contributed by atoms with Gasteiger partial charge in [0.25, 0.3) is 5.92 Å². The van der Waals surface area contributed by atoms with Gasteiger partial charge in [0.15, 0.2) is 12.2 Å². The molecule has 15 heteroatoms. The van der Waals surface area contributed by atoms with E-state index < -0.39 is 36.5 Å². The van der Waals surface area contributed by atoms with Crippen molar-refractivity contribution in [3.05, 3.63) is 111 Å². The molecule has 6 heterocycles. The van der Waals surface area contributed by atoms with Crippen LogP contribution in [0, 0.1) is 0 Å². The van der Waals surface area contributed by atoms with Crippen LogP contribution in [-0.4, -0.2) is 90.0 Å². The Bertz CT molecular complexity index is 2280. The van der Waals surface area contributed by atoms with Gasteiger partial charge in [-0.2, -0.15) is 0 Å². The van der Waals surface area contributed by atoms with Crippen LogP contribution in [0.15, 0.2) is 111 Å². The highest BCUT2D eigenvalue weighted by Crippen LogP contribution is 2.36. The molecule has 8 rings (SSSR count). The molecule has 1 amide bonds. The summed E-state index contributed by atoms with van der Waals surface area (Å²) in [4.78, 5) is 20.9. The molecule has 2 fully saturated rings. The molecule has 0 saturated carbocycles. The average Bonchev–Trinajstić information content (AvgIpc) is 3.84. The lowest BCUT2D eigenvalue weighted by Crippen LogP contribution is -2.55. The van der Waals surface area contributed by atoms with Crippen molar-refractivity contribution in [1.82, 2.24) is 29.0 Å². The summed E-state index contributed by atoms with van der Waals surface area (Å²) in [5.41, 5.74) is 4.35. The molecule has 4 aromatic heterocycles. The summed E-state index contributed by atoms with van der Waals surface area (Å²) in [6.45, 7) is 2.91. The maximum absolute atomic E-state index is 14.7. The van der Waals surface area contributed by atoms with Crippen molar-refractivity contribution in [3.8, 4) is 45.3 Å². The molecular formula is C39H36F4N6O5. The van der Waals surface area contributed by atoms with Crippen LogP contribution in [0.2, 0.25) is 0 Å². The summed E-state index contributed by atoms with van der Waals surface area (Å²) in [7, 11) is 0. The van der Waals surface area contributed by atoms with Crippen LogP contribution in [0.5, 0.6) is 23.0 Å². The number of hydrogen-bond donors (Lipinski definition) is 3. The van der Waals surface area contributed by atoms with Crippen LogP contribution in [0.25, 0.3) is 33.3 Å². The quantitative estimate of drug-likeness (QED) is 0.124. The van der Waals surface area contributed by atoms with Gasteiger partial charge in [0.1, 0.15) is 34.0 Å². The van der Waals surface area contributed by atoms with E-state index in [4.69, 9.17) is 9.47 Å². The first-order valence-corrected chi connectivity index (χ1v) is 17.1. The molecule has 54 heavy (non-hydrogen) atoms. The molecule has 2 unspecified atom stereocenters. The monoisotopic (exact) mass is 744 g/mol. The van der Waals surface area contributed by atoms with Gasteiger partial charge in [-0.05, 0) is 60.1 Å². The normalized spacial score (nSPS) is 19.1. The van der Waals surface area contributed by atoms with E-state index in [1.165, 1.54) is 0 Å². The maximum Gasteiger partial charge on any atom is 0.301 e. The molecule has 6 aromatic rings. The molecule has 2 atom stereocenters. The number of aromatic hydroxyl groups is 2. The molecule has 2 aromatic carbocycles. The fraction of sp³-hybridized carbons (Fsp3) is 0.256. The smallest absolute Gasteiger partial charge is 0.301 e. The van der Waals surface area contributed by atoms with E-state index in [0.29, 0.717) is 23.3 Å². The highest BCUT2D eigenvalue weighted by molar-refractivity contribution is 5.87. The number of phenols is 2. The lowest BCUT2D eigenvalue weighted by atomic mass is 10.0. The van der Waals surface area contributed by atoms with E-state index in [9.17, 15) is 32.6 Å². The van der Waals surface area contributed by atoms with Crippen LogP contribution in [0.4, 0.5) is 17.6 Å². The number of carbonyl (C=O) groups is 1. The van der Waals surface area contributed by atoms with Gasteiger partial charge in [-0.3, -0.25) is 4.79 Å². The SMILES string of the molecule is C=CC(=O)N1CCC(Oc2cc(-c3ccc(O)cc3)cn3cncc23)C(F)(F)C1.Oc1ccc(-c2cc(OC3CCNCC3(F)F)c3cncn3c2)cc1. The largest absolute Gasteiger partial charge is 0.508 e. The number of pyridine rings is 2. The number of imidazole rings is 2. The zero-order chi connectivity index (χ0) is 38.0. The number of carbonyl (C=O) groups excluding carboxylic acids is 1. The zero-order valence-corrected chi connectivity index (χ0v) is 28.8. The Morgan fingerprint density at radius 3 is 1.74 bits per heavy atom. The van der Waals surface area contributed by atoms with Gasteiger partial charge in [-0.15, -0.1) is 0 Å². The van der Waals surface area contributed by atoms with Crippen LogP contribution >= 0.6 is 0 Å². The van der Waals surface area contributed by atoms with Crippen molar-refractivity contribution >= 4 is 16.9 Å². The van der Waals surface area contributed by atoms with Gasteiger partial charge in [-0.25, -0.2) is 27.5 Å². The molecule has 0 radical (unpaired) electrons. The number of halogens is 4. The summed E-state index contributed by atoms with van der Waals surface area (Å²) < 4.78 is 72.5. The Kier molecular flexibility index (Phi) is 9.90. The summed E-state index contributed by atoms with van der Waals surface area (Å²) in [6, 6.07) is 16.7. The average molecular weight is 745 g/mol. The highest BCUT2D eigenvalue weighted by Gasteiger charge is 2.47. The fourth-order valence-corrected chi connectivity index (χ4v) is 6.46. The summed E-state index contributed by atoms with van der Waals surface area (Å²) in [6.07, 6.45) is 8.68. The van der Waals surface area contributed by atoms with E-state index in [2.05, 4.69) is 21.9 Å². The molecule has 2 aliphatic rings. The molecule has 3 N–H and O–H groups in total. The first-order valence-electron chi connectivity index (χ1n) is 17.1. The molecule has 280 valence electrons. The summed E-state index contributed by atoms with van der Waals surface area (Å²) >= 11 is 0. The molecule has 11 nitrogen and oxygen atoms in total. The number of nitrogens with one attached hydrogen (secondary N) is 1. The van der Waals surface area contributed by atoms with Crippen molar-refractivity contribution in [2.75, 3.05) is 26.2 Å². The third-order valence-corrected chi connectivity index (χ3v) is 9.34. The van der Waals surface area contributed by atoms with E-state index in [1.54, 1.807) is 94.5 Å². The number of alkyl halides is 4. The topological polar surface area (TPSA) is 126 Å². The first-order chi connectivity index (χ1) is 25.9. The van der Waals surface area contributed by atoms with Crippen molar-refractivity contribution in [2.24, 2.45) is 0 Å². The number of aromatic nitrogens is 4. The molecule has 0 spiro atoms.